The highest BCUT2D eigenvalue weighted by molar-refractivity contribution is 9.10. The van der Waals surface area contributed by atoms with Crippen molar-refractivity contribution in [1.82, 2.24) is 35.7 Å². The SMILES string of the molecule is COc1cc2c(N[C@H](C)c3cccc(Br)c3)nc(C)nc2cc1OCCCCCCC(=O)N[C@H]1C[C@@H](C(=O)N[C@@H]2CCCc3ccccc32)N(C(=O)[C@@H](NC(=O)C(C)N(C)C(=O)O)C2CCCCC2)C1. The van der Waals surface area contributed by atoms with Crippen LogP contribution in [0.5, 0.6) is 11.5 Å². The van der Waals surface area contributed by atoms with Crippen LogP contribution in [0.2, 0.25) is 0 Å². The van der Waals surface area contributed by atoms with E-state index in [1.165, 1.54) is 19.5 Å². The molecule has 1 saturated carbocycles. The zero-order valence-electron chi connectivity index (χ0n) is 41.1. The average molecular weight is 1030 g/mol. The predicted molar refractivity (Wildman–Crippen MR) is 272 cm³/mol. The molecule has 0 spiro atoms. The van der Waals surface area contributed by atoms with E-state index >= 15 is 0 Å². The lowest BCUT2D eigenvalue weighted by Crippen LogP contribution is -2.59. The van der Waals surface area contributed by atoms with Crippen molar-refractivity contribution in [1.29, 1.82) is 0 Å². The van der Waals surface area contributed by atoms with E-state index in [2.05, 4.69) is 62.3 Å². The van der Waals surface area contributed by atoms with Crippen molar-refractivity contribution >= 4 is 62.4 Å². The number of likely N-dealkylation sites (N-methyl/N-ethyl adjacent to an activating group) is 1. The van der Waals surface area contributed by atoms with Gasteiger partial charge in [0.25, 0.3) is 0 Å². The molecule has 70 heavy (non-hydrogen) atoms. The van der Waals surface area contributed by atoms with Gasteiger partial charge in [-0.3, -0.25) is 24.1 Å². The van der Waals surface area contributed by atoms with Crippen LogP contribution in [0.3, 0.4) is 0 Å². The van der Waals surface area contributed by atoms with Crippen LogP contribution < -0.4 is 30.7 Å². The lowest BCUT2D eigenvalue weighted by molar-refractivity contribution is -0.143. The molecular weight excluding hydrogens is 957 g/mol. The number of hydrogen-bond donors (Lipinski definition) is 5. The number of amides is 5. The standard InChI is InChI=1S/C53H69BrN8O8/c1-32(37-21-15-22-38(54)27-37)55-49-41-29-45(69-5)46(30-43(41)56-34(3)57-49)70-26-14-7-6-11-25-47(63)58-39-28-44(51(65)59-42-24-16-20-35-17-12-13-23-40(35)42)62(31-39)52(66)48(36-18-9-8-10-19-36)60-50(64)33(2)61(4)53(67)68/h12-13,15,17,21-23,27,29-30,32-33,36,39,42,44,48H,6-11,14,16,18-20,24-26,28,31H2,1-5H3,(H,58,63)(H,59,65)(H,60,64)(H,67,68)(H,55,56,57)/t32-,33?,39+,42-,44+,48+/m1/s1. The van der Waals surface area contributed by atoms with Crippen LogP contribution in [-0.4, -0.2) is 106 Å². The summed E-state index contributed by atoms with van der Waals surface area (Å²) >= 11 is 3.56. The molecule has 376 valence electrons. The van der Waals surface area contributed by atoms with Crippen molar-refractivity contribution in [3.63, 3.8) is 0 Å². The first-order valence-corrected chi connectivity index (χ1v) is 25.7. The molecule has 1 saturated heterocycles. The molecule has 2 heterocycles. The van der Waals surface area contributed by atoms with Crippen molar-refractivity contribution in [3.05, 3.63) is 87.7 Å². The fourth-order valence-electron chi connectivity index (χ4n) is 10.2. The number of carbonyl (C=O) groups is 5. The van der Waals surface area contributed by atoms with Gasteiger partial charge in [-0.2, -0.15) is 0 Å². The normalized spacial score (nSPS) is 19.3. The number of carboxylic acid groups (broad SMARTS) is 1. The average Bonchev–Trinajstić information content (AvgIpc) is 3.78. The molecule has 5 amide bonds. The largest absolute Gasteiger partial charge is 0.493 e. The number of nitrogens with zero attached hydrogens (tertiary/aromatic N) is 4. The fourth-order valence-corrected chi connectivity index (χ4v) is 10.6. The van der Waals surface area contributed by atoms with E-state index in [9.17, 15) is 29.1 Å². The summed E-state index contributed by atoms with van der Waals surface area (Å²) in [5.41, 5.74) is 4.11. The number of ether oxygens (including phenoxy) is 2. The number of anilines is 1. The molecule has 6 atom stereocenters. The van der Waals surface area contributed by atoms with Crippen molar-refractivity contribution in [2.45, 2.75) is 147 Å². The van der Waals surface area contributed by atoms with Crippen molar-refractivity contribution < 1.29 is 38.6 Å². The summed E-state index contributed by atoms with van der Waals surface area (Å²) in [6.45, 7) is 5.99. The van der Waals surface area contributed by atoms with Gasteiger partial charge in [-0.15, -0.1) is 0 Å². The summed E-state index contributed by atoms with van der Waals surface area (Å²) in [5.74, 6) is 0.908. The second-order valence-corrected chi connectivity index (χ2v) is 20.1. The number of benzene rings is 3. The number of hydrogen-bond acceptors (Lipinski definition) is 10. The van der Waals surface area contributed by atoms with Gasteiger partial charge in [0.1, 0.15) is 29.8 Å². The van der Waals surface area contributed by atoms with Gasteiger partial charge in [0, 0.05) is 42.0 Å². The summed E-state index contributed by atoms with van der Waals surface area (Å²) < 4.78 is 13.0. The molecule has 16 nitrogen and oxygen atoms in total. The van der Waals surface area contributed by atoms with Gasteiger partial charge >= 0.3 is 6.09 Å². The molecular formula is C53H69BrN8O8. The van der Waals surface area contributed by atoms with E-state index in [0.29, 0.717) is 36.2 Å². The minimum atomic E-state index is -1.26. The number of unbranched alkanes of at least 4 members (excludes halogenated alkanes) is 3. The van der Waals surface area contributed by atoms with Crippen molar-refractivity contribution in [2.75, 3.05) is 32.6 Å². The number of nitrogens with one attached hydrogen (secondary N) is 4. The first-order valence-electron chi connectivity index (χ1n) is 25.0. The molecule has 4 aromatic rings. The first-order chi connectivity index (χ1) is 33.7. The van der Waals surface area contributed by atoms with E-state index in [-0.39, 0.29) is 55.1 Å². The Morgan fingerprint density at radius 1 is 0.900 bits per heavy atom. The lowest BCUT2D eigenvalue weighted by Gasteiger charge is -2.36. The Hall–Kier alpha value is -5.97. The van der Waals surface area contributed by atoms with E-state index in [4.69, 9.17) is 19.4 Å². The summed E-state index contributed by atoms with van der Waals surface area (Å²) in [7, 11) is 2.93. The minimum Gasteiger partial charge on any atom is -0.493 e. The molecule has 1 unspecified atom stereocenters. The molecule has 1 aromatic heterocycles. The first kappa shape index (κ1) is 51.9. The van der Waals surface area contributed by atoms with Crippen LogP contribution in [0, 0.1) is 12.8 Å². The molecule has 0 bridgehead atoms. The Morgan fingerprint density at radius 2 is 1.67 bits per heavy atom. The third kappa shape index (κ3) is 13.1. The van der Waals surface area contributed by atoms with Gasteiger partial charge in [0.2, 0.25) is 23.6 Å². The number of methoxy groups -OCH3 is 1. The maximum absolute atomic E-state index is 14.8. The molecule has 5 N–H and O–H groups in total. The van der Waals surface area contributed by atoms with E-state index in [1.807, 2.05) is 49.4 Å². The van der Waals surface area contributed by atoms with Crippen molar-refractivity contribution in [3.8, 4) is 11.5 Å². The van der Waals surface area contributed by atoms with Gasteiger partial charge < -0.3 is 40.7 Å². The second kappa shape index (κ2) is 24.2. The summed E-state index contributed by atoms with van der Waals surface area (Å²) in [6.07, 6.45) is 9.16. The van der Waals surface area contributed by atoms with Crippen LogP contribution >= 0.6 is 15.9 Å². The number of rotatable bonds is 20. The highest BCUT2D eigenvalue weighted by atomic mass is 79.9. The zero-order chi connectivity index (χ0) is 49.9. The molecule has 7 rings (SSSR count). The Balaban J connectivity index is 0.946. The van der Waals surface area contributed by atoms with Gasteiger partial charge in [-0.05, 0) is 113 Å². The molecule has 17 heteroatoms. The Kier molecular flexibility index (Phi) is 18.0. The zero-order valence-corrected chi connectivity index (χ0v) is 42.7. The smallest absolute Gasteiger partial charge is 0.407 e. The number of likely N-dealkylation sites (tertiary alicyclic amines) is 1. The van der Waals surface area contributed by atoms with Crippen LogP contribution in [-0.2, 0) is 25.6 Å². The topological polar surface area (TPSA) is 204 Å². The quantitative estimate of drug-likeness (QED) is 0.0531. The van der Waals surface area contributed by atoms with E-state index < -0.39 is 36.2 Å². The highest BCUT2D eigenvalue weighted by Gasteiger charge is 2.45. The van der Waals surface area contributed by atoms with Gasteiger partial charge in [-0.1, -0.05) is 84.4 Å². The Bertz CT molecular complexity index is 2500. The fraction of sp³-hybridized carbons (Fsp3) is 0.528. The minimum absolute atomic E-state index is 0.0132. The summed E-state index contributed by atoms with van der Waals surface area (Å²) in [4.78, 5) is 79.8. The maximum Gasteiger partial charge on any atom is 0.407 e. The van der Waals surface area contributed by atoms with Gasteiger partial charge in [0.05, 0.1) is 31.3 Å². The molecule has 2 fully saturated rings. The van der Waals surface area contributed by atoms with Gasteiger partial charge in [0.15, 0.2) is 11.5 Å². The third-order valence-corrected chi connectivity index (χ3v) is 14.7. The highest BCUT2D eigenvalue weighted by Crippen LogP contribution is 2.37. The van der Waals surface area contributed by atoms with Crippen LogP contribution in [0.25, 0.3) is 10.9 Å². The molecule has 0 radical (unpaired) electrons. The number of fused-ring (bicyclic) bond motifs is 2. The Labute approximate surface area is 419 Å². The summed E-state index contributed by atoms with van der Waals surface area (Å²) in [6, 6.07) is 16.5. The van der Waals surface area contributed by atoms with Gasteiger partial charge in [-0.25, -0.2) is 14.8 Å². The van der Waals surface area contributed by atoms with E-state index in [0.717, 1.165) is 102 Å². The number of halogens is 1. The number of carbonyl (C=O) groups excluding carboxylic acids is 4. The van der Waals surface area contributed by atoms with E-state index in [1.54, 1.807) is 12.0 Å². The van der Waals surface area contributed by atoms with Crippen molar-refractivity contribution in [2.24, 2.45) is 5.92 Å². The second-order valence-electron chi connectivity index (χ2n) is 19.2. The predicted octanol–water partition coefficient (Wildman–Crippen LogP) is 8.55. The number of aromatic nitrogens is 2. The van der Waals surface area contributed by atoms with Crippen LogP contribution in [0.1, 0.15) is 132 Å². The van der Waals surface area contributed by atoms with Crippen LogP contribution in [0.15, 0.2) is 65.1 Å². The monoisotopic (exact) mass is 1020 g/mol. The van der Waals surface area contributed by atoms with Crippen LogP contribution in [0.4, 0.5) is 10.6 Å². The summed E-state index contributed by atoms with van der Waals surface area (Å²) in [5, 5.41) is 23.2. The maximum atomic E-state index is 14.8. The third-order valence-electron chi connectivity index (χ3n) is 14.2. The Morgan fingerprint density at radius 3 is 2.43 bits per heavy atom. The molecule has 3 aliphatic rings. The molecule has 3 aromatic carbocycles. The molecule has 2 aliphatic carbocycles. The number of aryl methyl sites for hydroxylation is 2. The lowest BCUT2D eigenvalue weighted by atomic mass is 9.83. The molecule has 1 aliphatic heterocycles.